The maximum absolute atomic E-state index is 12.2. The fraction of sp³-hybridized carbons (Fsp3) is 0.316. The Bertz CT molecular complexity index is 644. The molecule has 0 aromatic heterocycles. The predicted octanol–water partition coefficient (Wildman–Crippen LogP) is 3.93. The number of ether oxygens (including phenoxy) is 1. The van der Waals surface area contributed by atoms with E-state index in [0.29, 0.717) is 6.42 Å². The Kier molecular flexibility index (Phi) is 7.65. The van der Waals surface area contributed by atoms with Crippen LogP contribution in [0.15, 0.2) is 53.4 Å². The van der Waals surface area contributed by atoms with E-state index in [1.165, 1.54) is 0 Å². The Labute approximate surface area is 148 Å². The lowest BCUT2D eigenvalue weighted by molar-refractivity contribution is -0.115. The number of carbonyl (C=O) groups excluding carboxylic acids is 1. The fourth-order valence-corrected chi connectivity index (χ4v) is 3.05. The number of rotatable bonds is 9. The van der Waals surface area contributed by atoms with Gasteiger partial charge in [-0.05, 0) is 42.4 Å². The first kappa shape index (κ1) is 18.4. The summed E-state index contributed by atoms with van der Waals surface area (Å²) in [6.45, 7) is 3.73. The summed E-state index contributed by atoms with van der Waals surface area (Å²) in [6, 6.07) is 15.8. The van der Waals surface area contributed by atoms with E-state index in [1.807, 2.05) is 48.5 Å². The summed E-state index contributed by atoms with van der Waals surface area (Å²) < 4.78 is 5.14. The number of anilines is 1. The number of para-hydroxylation sites is 1. The Morgan fingerprint density at radius 1 is 1.12 bits per heavy atom. The second-order valence-corrected chi connectivity index (χ2v) is 6.43. The number of thioether (sulfide) groups is 1. The van der Waals surface area contributed by atoms with Gasteiger partial charge in [-0.2, -0.15) is 0 Å². The average molecular weight is 344 g/mol. The SMILES string of the molecule is CCNCc1ccccc1NC(=O)CCSc1ccc(OC)cc1. The van der Waals surface area contributed by atoms with Crippen LogP contribution in [0.3, 0.4) is 0 Å². The molecule has 0 aliphatic carbocycles. The lowest BCUT2D eigenvalue weighted by Crippen LogP contribution is -2.17. The molecule has 0 fully saturated rings. The summed E-state index contributed by atoms with van der Waals surface area (Å²) in [7, 11) is 1.65. The molecule has 2 aromatic rings. The van der Waals surface area contributed by atoms with Crippen molar-refractivity contribution in [2.24, 2.45) is 0 Å². The molecule has 0 aliphatic rings. The van der Waals surface area contributed by atoms with Gasteiger partial charge in [0.05, 0.1) is 7.11 Å². The number of hydrogen-bond donors (Lipinski definition) is 2. The van der Waals surface area contributed by atoms with E-state index in [-0.39, 0.29) is 5.91 Å². The average Bonchev–Trinajstić information content (AvgIpc) is 2.61. The van der Waals surface area contributed by atoms with Crippen molar-refractivity contribution < 1.29 is 9.53 Å². The van der Waals surface area contributed by atoms with Gasteiger partial charge in [-0.1, -0.05) is 25.1 Å². The predicted molar refractivity (Wildman–Crippen MR) is 101 cm³/mol. The standard InChI is InChI=1S/C19H24N2O2S/c1-3-20-14-15-6-4-5-7-18(15)21-19(22)12-13-24-17-10-8-16(23-2)9-11-17/h4-11,20H,3,12-14H2,1-2H3,(H,21,22). The van der Waals surface area contributed by atoms with Gasteiger partial charge in [0.2, 0.25) is 5.91 Å². The van der Waals surface area contributed by atoms with Gasteiger partial charge in [-0.3, -0.25) is 4.79 Å². The molecule has 2 aromatic carbocycles. The molecule has 24 heavy (non-hydrogen) atoms. The maximum atomic E-state index is 12.2. The lowest BCUT2D eigenvalue weighted by atomic mass is 10.1. The highest BCUT2D eigenvalue weighted by Crippen LogP contribution is 2.22. The molecule has 0 spiro atoms. The van der Waals surface area contributed by atoms with E-state index in [4.69, 9.17) is 4.74 Å². The van der Waals surface area contributed by atoms with E-state index < -0.39 is 0 Å². The van der Waals surface area contributed by atoms with Crippen LogP contribution in [0.4, 0.5) is 5.69 Å². The normalized spacial score (nSPS) is 10.4. The number of benzene rings is 2. The number of methoxy groups -OCH3 is 1. The molecule has 1 amide bonds. The molecule has 0 radical (unpaired) electrons. The zero-order chi connectivity index (χ0) is 17.2. The molecular weight excluding hydrogens is 320 g/mol. The molecule has 0 bridgehead atoms. The fourth-order valence-electron chi connectivity index (χ4n) is 2.20. The molecule has 128 valence electrons. The van der Waals surface area contributed by atoms with Gasteiger partial charge in [0.25, 0.3) is 0 Å². The molecule has 0 saturated carbocycles. The van der Waals surface area contributed by atoms with Crippen molar-refractivity contribution in [3.05, 3.63) is 54.1 Å². The van der Waals surface area contributed by atoms with E-state index >= 15 is 0 Å². The van der Waals surface area contributed by atoms with E-state index in [0.717, 1.165) is 40.7 Å². The highest BCUT2D eigenvalue weighted by molar-refractivity contribution is 7.99. The monoisotopic (exact) mass is 344 g/mol. The maximum Gasteiger partial charge on any atom is 0.225 e. The molecule has 5 heteroatoms. The van der Waals surface area contributed by atoms with Crippen LogP contribution < -0.4 is 15.4 Å². The first-order valence-electron chi connectivity index (χ1n) is 8.08. The zero-order valence-corrected chi connectivity index (χ0v) is 15.0. The zero-order valence-electron chi connectivity index (χ0n) is 14.2. The second kappa shape index (κ2) is 10.0. The first-order chi connectivity index (χ1) is 11.7. The Morgan fingerprint density at radius 3 is 2.58 bits per heavy atom. The van der Waals surface area contributed by atoms with Crippen LogP contribution in [0, 0.1) is 0 Å². The van der Waals surface area contributed by atoms with E-state index in [2.05, 4.69) is 17.6 Å². The number of carbonyl (C=O) groups is 1. The van der Waals surface area contributed by atoms with Crippen LogP contribution in [0.1, 0.15) is 18.9 Å². The molecule has 0 saturated heterocycles. The number of amides is 1. The van der Waals surface area contributed by atoms with Gasteiger partial charge in [0.1, 0.15) is 5.75 Å². The van der Waals surface area contributed by atoms with Crippen LogP contribution in [-0.4, -0.2) is 25.3 Å². The third kappa shape index (κ3) is 5.91. The minimum atomic E-state index is 0.0416. The van der Waals surface area contributed by atoms with Crippen LogP contribution in [0.25, 0.3) is 0 Å². The number of nitrogens with one attached hydrogen (secondary N) is 2. The van der Waals surface area contributed by atoms with Crippen molar-refractivity contribution in [2.45, 2.75) is 24.8 Å². The summed E-state index contributed by atoms with van der Waals surface area (Å²) in [5.74, 6) is 1.63. The minimum Gasteiger partial charge on any atom is -0.497 e. The molecule has 0 heterocycles. The van der Waals surface area contributed by atoms with Gasteiger partial charge >= 0.3 is 0 Å². The summed E-state index contributed by atoms with van der Waals surface area (Å²) in [5.41, 5.74) is 1.99. The minimum absolute atomic E-state index is 0.0416. The third-order valence-corrected chi connectivity index (χ3v) is 4.53. The van der Waals surface area contributed by atoms with E-state index in [1.54, 1.807) is 18.9 Å². The van der Waals surface area contributed by atoms with Gasteiger partial charge in [0, 0.05) is 29.3 Å². The van der Waals surface area contributed by atoms with Crippen molar-refractivity contribution in [1.29, 1.82) is 0 Å². The topological polar surface area (TPSA) is 50.4 Å². The second-order valence-electron chi connectivity index (χ2n) is 5.26. The quantitative estimate of drug-likeness (QED) is 0.677. The lowest BCUT2D eigenvalue weighted by Gasteiger charge is -2.11. The summed E-state index contributed by atoms with van der Waals surface area (Å²) in [4.78, 5) is 13.3. The van der Waals surface area contributed by atoms with Gasteiger partial charge in [0.15, 0.2) is 0 Å². The third-order valence-electron chi connectivity index (χ3n) is 3.51. The Balaban J connectivity index is 1.80. The van der Waals surface area contributed by atoms with Crippen molar-refractivity contribution in [1.82, 2.24) is 5.32 Å². The first-order valence-corrected chi connectivity index (χ1v) is 9.06. The molecule has 0 atom stereocenters. The van der Waals surface area contributed by atoms with Crippen LogP contribution in [0.5, 0.6) is 5.75 Å². The van der Waals surface area contributed by atoms with Crippen LogP contribution in [0.2, 0.25) is 0 Å². The number of hydrogen-bond acceptors (Lipinski definition) is 4. The van der Waals surface area contributed by atoms with Crippen molar-refractivity contribution in [2.75, 3.05) is 24.7 Å². The van der Waals surface area contributed by atoms with Gasteiger partial charge in [-0.25, -0.2) is 0 Å². The van der Waals surface area contributed by atoms with Crippen molar-refractivity contribution in [3.63, 3.8) is 0 Å². The highest BCUT2D eigenvalue weighted by Gasteiger charge is 2.06. The van der Waals surface area contributed by atoms with E-state index in [9.17, 15) is 4.79 Å². The molecule has 2 N–H and O–H groups in total. The molecule has 0 aliphatic heterocycles. The largest absolute Gasteiger partial charge is 0.497 e. The Hall–Kier alpha value is -1.98. The van der Waals surface area contributed by atoms with Crippen molar-refractivity contribution >= 4 is 23.4 Å². The summed E-state index contributed by atoms with van der Waals surface area (Å²) >= 11 is 1.67. The molecule has 4 nitrogen and oxygen atoms in total. The van der Waals surface area contributed by atoms with Crippen LogP contribution >= 0.6 is 11.8 Å². The molecular formula is C19H24N2O2S. The van der Waals surface area contributed by atoms with Crippen molar-refractivity contribution in [3.8, 4) is 5.75 Å². The smallest absolute Gasteiger partial charge is 0.225 e. The summed E-state index contributed by atoms with van der Waals surface area (Å²) in [6.07, 6.45) is 0.478. The molecule has 0 unspecified atom stereocenters. The Morgan fingerprint density at radius 2 is 1.88 bits per heavy atom. The van der Waals surface area contributed by atoms with Crippen LogP contribution in [-0.2, 0) is 11.3 Å². The highest BCUT2D eigenvalue weighted by atomic mass is 32.2. The summed E-state index contributed by atoms with van der Waals surface area (Å²) in [5, 5.41) is 6.30. The van der Waals surface area contributed by atoms with Gasteiger partial charge in [-0.15, -0.1) is 11.8 Å². The molecule has 2 rings (SSSR count). The van der Waals surface area contributed by atoms with Gasteiger partial charge < -0.3 is 15.4 Å².